The van der Waals surface area contributed by atoms with Crippen LogP contribution in [0.1, 0.15) is 32.6 Å². The van der Waals surface area contributed by atoms with Crippen LogP contribution in [0.4, 0.5) is 0 Å². The number of allylic oxidation sites excluding steroid dienone is 2. The van der Waals surface area contributed by atoms with Crippen LogP contribution >= 0.6 is 0 Å². The second-order valence-corrected chi connectivity index (χ2v) is 3.64. The van der Waals surface area contributed by atoms with E-state index in [0.717, 1.165) is 19.3 Å². The Balaban J connectivity index is 2.06. The van der Waals surface area contributed by atoms with Gasteiger partial charge in [-0.15, -0.1) is 0 Å². The molecule has 2 aliphatic carbocycles. The number of Topliss-reactive ketones (excluding diaryl/α,β-unsaturated/α-hetero) is 1. The van der Waals surface area contributed by atoms with Crippen molar-refractivity contribution in [3.8, 4) is 0 Å². The molecule has 0 aromatic carbocycles. The van der Waals surface area contributed by atoms with Crippen molar-refractivity contribution >= 4 is 5.78 Å². The molecule has 0 aliphatic heterocycles. The van der Waals surface area contributed by atoms with Crippen LogP contribution in [-0.2, 0) is 4.79 Å². The van der Waals surface area contributed by atoms with Gasteiger partial charge in [-0.05, 0) is 18.8 Å². The van der Waals surface area contributed by atoms with Crippen molar-refractivity contribution in [2.75, 3.05) is 0 Å². The van der Waals surface area contributed by atoms with Crippen LogP contribution in [0.15, 0.2) is 11.6 Å². The lowest BCUT2D eigenvalue weighted by Crippen LogP contribution is -2.24. The highest BCUT2D eigenvalue weighted by molar-refractivity contribution is 5.88. The highest BCUT2D eigenvalue weighted by Crippen LogP contribution is 2.45. The van der Waals surface area contributed by atoms with Gasteiger partial charge in [0.15, 0.2) is 0 Å². The summed E-state index contributed by atoms with van der Waals surface area (Å²) in [7, 11) is 0. The third-order valence-corrected chi connectivity index (χ3v) is 2.87. The molecule has 0 saturated heterocycles. The molecule has 0 amide bonds. The van der Waals surface area contributed by atoms with Gasteiger partial charge in [-0.25, -0.2) is 0 Å². The van der Waals surface area contributed by atoms with Gasteiger partial charge >= 0.3 is 0 Å². The maximum atomic E-state index is 11.3. The lowest BCUT2D eigenvalue weighted by molar-refractivity contribution is -0.120. The molecule has 0 bridgehead atoms. The van der Waals surface area contributed by atoms with Gasteiger partial charge in [0, 0.05) is 12.3 Å². The number of ketones is 1. The number of hydrogen-bond acceptors (Lipinski definition) is 1. The zero-order valence-corrected chi connectivity index (χ0v) is 6.97. The molecule has 0 radical (unpaired) electrons. The van der Waals surface area contributed by atoms with Crippen LogP contribution in [-0.4, -0.2) is 5.78 Å². The van der Waals surface area contributed by atoms with Crippen molar-refractivity contribution in [1.82, 2.24) is 0 Å². The van der Waals surface area contributed by atoms with Gasteiger partial charge in [0.25, 0.3) is 0 Å². The molecule has 11 heavy (non-hydrogen) atoms. The van der Waals surface area contributed by atoms with Gasteiger partial charge in [-0.3, -0.25) is 4.79 Å². The van der Waals surface area contributed by atoms with E-state index >= 15 is 0 Å². The lowest BCUT2D eigenvalue weighted by atomic mass is 9.75. The molecule has 2 atom stereocenters. The summed E-state index contributed by atoms with van der Waals surface area (Å²) in [4.78, 5) is 11.3. The molecule has 60 valence electrons. The van der Waals surface area contributed by atoms with Crippen molar-refractivity contribution in [1.29, 1.82) is 0 Å². The lowest BCUT2D eigenvalue weighted by Gasteiger charge is -2.28. The fourth-order valence-electron chi connectivity index (χ4n) is 2.32. The quantitative estimate of drug-likeness (QED) is 0.552. The number of rotatable bonds is 2. The molecule has 0 aromatic heterocycles. The van der Waals surface area contributed by atoms with Gasteiger partial charge < -0.3 is 0 Å². The average molecular weight is 150 g/mol. The molecule has 2 rings (SSSR count). The number of carbonyl (C=O) groups excluding carboxylic acids is 1. The summed E-state index contributed by atoms with van der Waals surface area (Å²) >= 11 is 0. The molecule has 0 N–H and O–H groups in total. The molecule has 0 heterocycles. The number of hydrogen-bond donors (Lipinski definition) is 0. The first kappa shape index (κ1) is 7.08. The maximum absolute atomic E-state index is 11.3. The first-order valence-electron chi connectivity index (χ1n) is 4.56. The molecular weight excluding hydrogens is 136 g/mol. The third kappa shape index (κ3) is 0.943. The van der Waals surface area contributed by atoms with Crippen LogP contribution in [0.5, 0.6) is 0 Å². The minimum Gasteiger partial charge on any atom is -0.299 e. The van der Waals surface area contributed by atoms with Crippen LogP contribution in [0.3, 0.4) is 0 Å². The van der Waals surface area contributed by atoms with E-state index in [4.69, 9.17) is 0 Å². The van der Waals surface area contributed by atoms with Crippen molar-refractivity contribution in [3.05, 3.63) is 11.6 Å². The molecule has 0 aromatic rings. The predicted molar refractivity (Wildman–Crippen MR) is 44.2 cm³/mol. The molecule has 0 unspecified atom stereocenters. The molecule has 1 saturated carbocycles. The van der Waals surface area contributed by atoms with Gasteiger partial charge in [-0.2, -0.15) is 0 Å². The Hall–Kier alpha value is -0.590. The van der Waals surface area contributed by atoms with E-state index in [9.17, 15) is 4.79 Å². The minimum atomic E-state index is 0.370. The first-order valence-corrected chi connectivity index (χ1v) is 4.56. The Morgan fingerprint density at radius 3 is 3.09 bits per heavy atom. The molecule has 1 nitrogen and oxygen atoms in total. The monoisotopic (exact) mass is 150 g/mol. The molecule has 2 aliphatic rings. The smallest absolute Gasteiger partial charge is 0.140 e. The molecule has 1 heteroatoms. The summed E-state index contributed by atoms with van der Waals surface area (Å²) in [5, 5.41) is 0. The van der Waals surface area contributed by atoms with E-state index in [1.165, 1.54) is 12.0 Å². The average Bonchev–Trinajstić information content (AvgIpc) is 2.20. The highest BCUT2D eigenvalue weighted by atomic mass is 16.1. The number of fused-ring (bicyclic) bond motifs is 1. The Bertz CT molecular complexity index is 215. The molecular formula is C10H14O. The van der Waals surface area contributed by atoms with Crippen molar-refractivity contribution < 1.29 is 4.79 Å². The first-order chi connectivity index (χ1) is 5.33. The summed E-state index contributed by atoms with van der Waals surface area (Å²) in [5.74, 6) is 1.51. The van der Waals surface area contributed by atoms with E-state index in [2.05, 4.69) is 13.0 Å². The summed E-state index contributed by atoms with van der Waals surface area (Å²) in [6, 6.07) is 0. The summed E-state index contributed by atoms with van der Waals surface area (Å²) in [6.07, 6.45) is 6.60. The maximum Gasteiger partial charge on any atom is 0.140 e. The Kier molecular flexibility index (Phi) is 1.59. The predicted octanol–water partition coefficient (Wildman–Crippen LogP) is 2.32. The van der Waals surface area contributed by atoms with E-state index in [1.54, 1.807) is 0 Å². The van der Waals surface area contributed by atoms with Gasteiger partial charge in [0.1, 0.15) is 5.78 Å². The normalized spacial score (nSPS) is 34.6. The Morgan fingerprint density at radius 1 is 1.64 bits per heavy atom. The molecule has 0 spiro atoms. The third-order valence-electron chi connectivity index (χ3n) is 2.87. The number of carbonyl (C=O) groups is 1. The molecule has 1 fully saturated rings. The van der Waals surface area contributed by atoms with Gasteiger partial charge in [0.2, 0.25) is 0 Å². The zero-order chi connectivity index (χ0) is 7.84. The van der Waals surface area contributed by atoms with Gasteiger partial charge in [0.05, 0.1) is 0 Å². The summed E-state index contributed by atoms with van der Waals surface area (Å²) < 4.78 is 0. The minimum absolute atomic E-state index is 0.370. The highest BCUT2D eigenvalue weighted by Gasteiger charge is 2.41. The van der Waals surface area contributed by atoms with Crippen molar-refractivity contribution in [3.63, 3.8) is 0 Å². The van der Waals surface area contributed by atoms with E-state index in [-0.39, 0.29) is 0 Å². The second kappa shape index (κ2) is 2.47. The van der Waals surface area contributed by atoms with Crippen molar-refractivity contribution in [2.24, 2.45) is 11.8 Å². The Morgan fingerprint density at radius 2 is 2.45 bits per heavy atom. The van der Waals surface area contributed by atoms with E-state index in [1.807, 2.05) is 0 Å². The zero-order valence-electron chi connectivity index (χ0n) is 6.97. The van der Waals surface area contributed by atoms with Crippen LogP contribution in [0, 0.1) is 11.8 Å². The van der Waals surface area contributed by atoms with Crippen LogP contribution in [0.25, 0.3) is 0 Å². The summed E-state index contributed by atoms with van der Waals surface area (Å²) in [6.45, 7) is 2.17. The fraction of sp³-hybridized carbons (Fsp3) is 0.700. The fourth-order valence-corrected chi connectivity index (χ4v) is 2.32. The van der Waals surface area contributed by atoms with Crippen LogP contribution in [0.2, 0.25) is 0 Å². The largest absolute Gasteiger partial charge is 0.299 e. The van der Waals surface area contributed by atoms with E-state index in [0.29, 0.717) is 17.6 Å². The standard InChI is InChI=1S/C10H14O/c1-2-3-7-6-8-4-5-9(11)10(7)8/h6,8,10H,2-5H2,1H3/t8-,10+/m0/s1. The summed E-state index contributed by atoms with van der Waals surface area (Å²) in [5.41, 5.74) is 1.43. The second-order valence-electron chi connectivity index (χ2n) is 3.64. The van der Waals surface area contributed by atoms with E-state index < -0.39 is 0 Å². The van der Waals surface area contributed by atoms with Gasteiger partial charge in [-0.1, -0.05) is 25.0 Å². The van der Waals surface area contributed by atoms with Crippen LogP contribution < -0.4 is 0 Å². The van der Waals surface area contributed by atoms with Crippen molar-refractivity contribution in [2.45, 2.75) is 32.6 Å². The Labute approximate surface area is 67.5 Å². The SMILES string of the molecule is CCCC1=C[C@@H]2CCC(=O)[C@H]12. The topological polar surface area (TPSA) is 17.1 Å².